The largest absolute Gasteiger partial charge is 0.497 e. The molecule has 0 aromatic heterocycles. The van der Waals surface area contributed by atoms with Gasteiger partial charge in [0.05, 0.1) is 13.5 Å². The fourth-order valence-corrected chi connectivity index (χ4v) is 2.34. The highest BCUT2D eigenvalue weighted by Gasteiger charge is 2.19. The van der Waals surface area contributed by atoms with Crippen molar-refractivity contribution >= 4 is 28.1 Å². The standard InChI is InChI=1S/C17H16O4/c1-10(18)8-16(20)17-14(11(2)19)6-4-12-9-13(21-3)5-7-15(12)17/h4-7,9H,8H2,1-3H3. The molecule has 0 N–H and O–H groups in total. The number of ether oxygens (including phenoxy) is 1. The first-order chi connectivity index (χ1) is 9.93. The van der Waals surface area contributed by atoms with Gasteiger partial charge < -0.3 is 4.74 Å². The molecule has 21 heavy (non-hydrogen) atoms. The topological polar surface area (TPSA) is 60.4 Å². The molecule has 0 aliphatic carbocycles. The van der Waals surface area contributed by atoms with Gasteiger partial charge in [0.1, 0.15) is 11.5 Å². The lowest BCUT2D eigenvalue weighted by molar-refractivity contribution is -0.116. The molecular weight excluding hydrogens is 268 g/mol. The normalized spacial score (nSPS) is 10.4. The minimum atomic E-state index is -0.330. The number of hydrogen-bond acceptors (Lipinski definition) is 4. The molecule has 0 unspecified atom stereocenters. The summed E-state index contributed by atoms with van der Waals surface area (Å²) < 4.78 is 5.16. The van der Waals surface area contributed by atoms with Crippen molar-refractivity contribution in [3.8, 4) is 5.75 Å². The summed E-state index contributed by atoms with van der Waals surface area (Å²) in [5, 5.41) is 1.46. The average Bonchev–Trinajstić information content (AvgIpc) is 2.44. The molecule has 0 saturated heterocycles. The van der Waals surface area contributed by atoms with E-state index in [0.29, 0.717) is 22.3 Å². The zero-order valence-electron chi connectivity index (χ0n) is 12.2. The number of benzene rings is 2. The Bertz CT molecular complexity index is 744. The van der Waals surface area contributed by atoms with E-state index in [-0.39, 0.29) is 23.8 Å². The Kier molecular flexibility index (Phi) is 4.17. The number of carbonyl (C=O) groups excluding carboxylic acids is 3. The Labute approximate surface area is 122 Å². The van der Waals surface area contributed by atoms with Gasteiger partial charge >= 0.3 is 0 Å². The summed E-state index contributed by atoms with van der Waals surface area (Å²) in [6, 6.07) is 8.67. The van der Waals surface area contributed by atoms with Gasteiger partial charge in [-0.05, 0) is 42.8 Å². The molecule has 4 heteroatoms. The molecule has 0 saturated carbocycles. The zero-order chi connectivity index (χ0) is 15.6. The summed E-state index contributed by atoms with van der Waals surface area (Å²) in [5.41, 5.74) is 0.664. The van der Waals surface area contributed by atoms with Crippen LogP contribution >= 0.6 is 0 Å². The SMILES string of the molecule is COc1ccc2c(C(=O)CC(C)=O)c(C(C)=O)ccc2c1. The summed E-state index contributed by atoms with van der Waals surface area (Å²) in [5.74, 6) is -0.0776. The van der Waals surface area contributed by atoms with E-state index in [0.717, 1.165) is 5.39 Å². The summed E-state index contributed by atoms with van der Waals surface area (Å²) in [4.78, 5) is 35.3. The molecule has 2 aromatic carbocycles. The maximum Gasteiger partial charge on any atom is 0.171 e. The summed E-state index contributed by atoms with van der Waals surface area (Å²) in [6.45, 7) is 2.77. The van der Waals surface area contributed by atoms with E-state index in [4.69, 9.17) is 4.74 Å². The van der Waals surface area contributed by atoms with Crippen LogP contribution in [0.5, 0.6) is 5.75 Å². The lowest BCUT2D eigenvalue weighted by Gasteiger charge is -2.11. The number of methoxy groups -OCH3 is 1. The van der Waals surface area contributed by atoms with Gasteiger partial charge in [-0.3, -0.25) is 14.4 Å². The average molecular weight is 284 g/mol. The highest BCUT2D eigenvalue weighted by atomic mass is 16.5. The van der Waals surface area contributed by atoms with Gasteiger partial charge in [0.25, 0.3) is 0 Å². The highest BCUT2D eigenvalue weighted by Crippen LogP contribution is 2.28. The second kappa shape index (κ2) is 5.87. The Balaban J connectivity index is 2.72. The summed E-state index contributed by atoms with van der Waals surface area (Å²) in [7, 11) is 1.56. The van der Waals surface area contributed by atoms with Crippen LogP contribution in [0.25, 0.3) is 10.8 Å². The van der Waals surface area contributed by atoms with Crippen molar-refractivity contribution in [3.63, 3.8) is 0 Å². The molecule has 2 aromatic rings. The Hall–Kier alpha value is -2.49. The molecule has 0 fully saturated rings. The monoisotopic (exact) mass is 284 g/mol. The minimum Gasteiger partial charge on any atom is -0.497 e. The molecular formula is C17H16O4. The third-order valence-corrected chi connectivity index (χ3v) is 3.29. The van der Waals surface area contributed by atoms with E-state index < -0.39 is 0 Å². The van der Waals surface area contributed by atoms with Crippen molar-refractivity contribution in [2.24, 2.45) is 0 Å². The van der Waals surface area contributed by atoms with E-state index in [2.05, 4.69) is 0 Å². The first-order valence-electron chi connectivity index (χ1n) is 6.58. The highest BCUT2D eigenvalue weighted by molar-refractivity contribution is 6.20. The van der Waals surface area contributed by atoms with Gasteiger partial charge in [-0.2, -0.15) is 0 Å². The van der Waals surface area contributed by atoms with Crippen LogP contribution in [0.1, 0.15) is 41.0 Å². The molecule has 4 nitrogen and oxygen atoms in total. The van der Waals surface area contributed by atoms with Gasteiger partial charge in [0.2, 0.25) is 0 Å². The van der Waals surface area contributed by atoms with Crippen molar-refractivity contribution in [1.29, 1.82) is 0 Å². The molecule has 0 aliphatic rings. The quantitative estimate of drug-likeness (QED) is 0.625. The fraction of sp³-hybridized carbons (Fsp3) is 0.235. The summed E-state index contributed by atoms with van der Waals surface area (Å²) in [6.07, 6.45) is -0.203. The van der Waals surface area contributed by atoms with Gasteiger partial charge in [0.15, 0.2) is 11.6 Å². The molecule has 0 aliphatic heterocycles. The first kappa shape index (κ1) is 14.9. The van der Waals surface area contributed by atoms with E-state index >= 15 is 0 Å². The van der Waals surface area contributed by atoms with Crippen molar-refractivity contribution in [2.45, 2.75) is 20.3 Å². The number of fused-ring (bicyclic) bond motifs is 1. The lowest BCUT2D eigenvalue weighted by Crippen LogP contribution is -2.11. The second-order valence-corrected chi connectivity index (χ2v) is 4.93. The Morgan fingerprint density at radius 3 is 2.33 bits per heavy atom. The predicted octanol–water partition coefficient (Wildman–Crippen LogP) is 3.21. The number of ketones is 3. The molecule has 0 atom stereocenters. The first-order valence-corrected chi connectivity index (χ1v) is 6.58. The molecule has 0 spiro atoms. The smallest absolute Gasteiger partial charge is 0.171 e. The number of carbonyl (C=O) groups is 3. The number of rotatable bonds is 5. The molecule has 0 radical (unpaired) electrons. The predicted molar refractivity (Wildman–Crippen MR) is 80.1 cm³/mol. The zero-order valence-corrected chi connectivity index (χ0v) is 12.2. The maximum absolute atomic E-state index is 12.3. The summed E-state index contributed by atoms with van der Waals surface area (Å²) >= 11 is 0. The van der Waals surface area contributed by atoms with Crippen LogP contribution < -0.4 is 4.74 Å². The van der Waals surface area contributed by atoms with Gasteiger partial charge in [0, 0.05) is 11.1 Å². The molecule has 0 heterocycles. The molecule has 0 amide bonds. The van der Waals surface area contributed by atoms with Crippen molar-refractivity contribution in [3.05, 3.63) is 41.5 Å². The number of hydrogen-bond donors (Lipinski definition) is 0. The van der Waals surface area contributed by atoms with Gasteiger partial charge in [-0.15, -0.1) is 0 Å². The van der Waals surface area contributed by atoms with Crippen LogP contribution in [0.4, 0.5) is 0 Å². The van der Waals surface area contributed by atoms with Crippen LogP contribution in [-0.4, -0.2) is 24.5 Å². The van der Waals surface area contributed by atoms with E-state index in [1.54, 1.807) is 37.4 Å². The third-order valence-electron chi connectivity index (χ3n) is 3.29. The molecule has 108 valence electrons. The number of Topliss-reactive ketones (excluding diaryl/α,β-unsaturated/α-hetero) is 3. The van der Waals surface area contributed by atoms with Crippen LogP contribution in [0.3, 0.4) is 0 Å². The van der Waals surface area contributed by atoms with Crippen LogP contribution in [-0.2, 0) is 4.79 Å². The van der Waals surface area contributed by atoms with Crippen LogP contribution in [0.15, 0.2) is 30.3 Å². The Morgan fingerprint density at radius 2 is 1.76 bits per heavy atom. The lowest BCUT2D eigenvalue weighted by atomic mass is 9.92. The maximum atomic E-state index is 12.3. The van der Waals surface area contributed by atoms with E-state index in [1.807, 2.05) is 0 Å². The Morgan fingerprint density at radius 1 is 1.05 bits per heavy atom. The molecule has 0 bridgehead atoms. The van der Waals surface area contributed by atoms with Crippen molar-refractivity contribution in [1.82, 2.24) is 0 Å². The second-order valence-electron chi connectivity index (χ2n) is 4.93. The van der Waals surface area contributed by atoms with Crippen molar-refractivity contribution in [2.75, 3.05) is 7.11 Å². The fourth-order valence-electron chi connectivity index (χ4n) is 2.34. The minimum absolute atomic E-state index is 0.195. The van der Waals surface area contributed by atoms with Crippen molar-refractivity contribution < 1.29 is 19.1 Å². The van der Waals surface area contributed by atoms with Crippen LogP contribution in [0.2, 0.25) is 0 Å². The van der Waals surface area contributed by atoms with E-state index in [9.17, 15) is 14.4 Å². The van der Waals surface area contributed by atoms with Gasteiger partial charge in [-0.25, -0.2) is 0 Å². The van der Waals surface area contributed by atoms with Gasteiger partial charge in [-0.1, -0.05) is 12.1 Å². The molecule has 2 rings (SSSR count). The third kappa shape index (κ3) is 2.99. The van der Waals surface area contributed by atoms with Crippen LogP contribution in [0, 0.1) is 0 Å². The van der Waals surface area contributed by atoms with E-state index in [1.165, 1.54) is 13.8 Å².